The fourth-order valence-corrected chi connectivity index (χ4v) is 2.75. The quantitative estimate of drug-likeness (QED) is 0.625. The number of carbonyl (C=O) groups excluding carboxylic acids is 1. The van der Waals surface area contributed by atoms with Gasteiger partial charge in [0.15, 0.2) is 0 Å². The van der Waals surface area contributed by atoms with Crippen molar-refractivity contribution in [3.05, 3.63) is 29.5 Å². The molecule has 0 atom stereocenters. The highest BCUT2D eigenvalue weighted by Crippen LogP contribution is 2.31. The number of fused-ring (bicyclic) bond motifs is 1. The highest BCUT2D eigenvalue weighted by Gasteiger charge is 2.22. The molecule has 0 saturated heterocycles. The van der Waals surface area contributed by atoms with Gasteiger partial charge in [-0.3, -0.25) is 0 Å². The van der Waals surface area contributed by atoms with Crippen molar-refractivity contribution in [3.63, 3.8) is 0 Å². The van der Waals surface area contributed by atoms with Crippen LogP contribution in [0.4, 0.5) is 0 Å². The van der Waals surface area contributed by atoms with Crippen molar-refractivity contribution in [2.75, 3.05) is 13.7 Å². The number of aromatic nitrogens is 1. The molecular formula is C15H18ClNO3. The fraction of sp³-hybridized carbons (Fsp3) is 0.400. The molecule has 0 amide bonds. The van der Waals surface area contributed by atoms with Crippen LogP contribution in [0.2, 0.25) is 0 Å². The van der Waals surface area contributed by atoms with Crippen molar-refractivity contribution in [2.24, 2.45) is 0 Å². The van der Waals surface area contributed by atoms with Gasteiger partial charge in [0, 0.05) is 23.1 Å². The number of aryl methyl sites for hydroxylation is 1. The maximum absolute atomic E-state index is 12.1. The molecule has 1 aromatic heterocycles. The van der Waals surface area contributed by atoms with Crippen molar-refractivity contribution in [1.29, 1.82) is 0 Å². The summed E-state index contributed by atoms with van der Waals surface area (Å²) < 4.78 is 12.4. The zero-order valence-electron chi connectivity index (χ0n) is 11.9. The number of nitrogens with zero attached hydrogens (tertiary/aromatic N) is 1. The Morgan fingerprint density at radius 1 is 1.35 bits per heavy atom. The molecule has 0 bridgehead atoms. The molecule has 1 aromatic carbocycles. The molecule has 0 spiro atoms. The minimum atomic E-state index is -0.369. The molecule has 0 aliphatic heterocycles. The van der Waals surface area contributed by atoms with Gasteiger partial charge in [-0.2, -0.15) is 0 Å². The Kier molecular flexibility index (Phi) is 4.55. The minimum Gasteiger partial charge on any atom is -0.494 e. The number of esters is 1. The van der Waals surface area contributed by atoms with Gasteiger partial charge >= 0.3 is 5.97 Å². The van der Waals surface area contributed by atoms with E-state index in [-0.39, 0.29) is 11.8 Å². The van der Waals surface area contributed by atoms with E-state index < -0.39 is 0 Å². The molecule has 1 heterocycles. The van der Waals surface area contributed by atoms with Crippen LogP contribution >= 0.6 is 11.6 Å². The second kappa shape index (κ2) is 6.18. The van der Waals surface area contributed by atoms with Crippen molar-refractivity contribution < 1.29 is 14.3 Å². The maximum atomic E-state index is 12.1. The van der Waals surface area contributed by atoms with Gasteiger partial charge in [0.1, 0.15) is 5.75 Å². The summed E-state index contributed by atoms with van der Waals surface area (Å²) in [5.41, 5.74) is 2.28. The van der Waals surface area contributed by atoms with E-state index in [4.69, 9.17) is 21.1 Å². The van der Waals surface area contributed by atoms with Crippen molar-refractivity contribution >= 4 is 28.5 Å². The van der Waals surface area contributed by atoms with Crippen LogP contribution < -0.4 is 4.74 Å². The number of rotatable bonds is 5. The molecule has 0 aliphatic carbocycles. The van der Waals surface area contributed by atoms with Crippen LogP contribution in [-0.4, -0.2) is 24.3 Å². The number of alkyl halides is 1. The summed E-state index contributed by atoms with van der Waals surface area (Å²) in [7, 11) is 1.38. The standard InChI is InChI=1S/C15H18ClNO3/c1-4-17-12-7-6-10(20-5-2)8-11(12)14(13(17)9-16)15(18)19-3/h6-8H,4-5,9H2,1-3H3. The molecule has 108 valence electrons. The number of ether oxygens (including phenoxy) is 2. The van der Waals surface area contributed by atoms with E-state index in [1.807, 2.05) is 36.6 Å². The first kappa shape index (κ1) is 14.7. The van der Waals surface area contributed by atoms with E-state index in [0.717, 1.165) is 28.9 Å². The predicted molar refractivity (Wildman–Crippen MR) is 79.7 cm³/mol. The van der Waals surface area contributed by atoms with Crippen molar-refractivity contribution in [2.45, 2.75) is 26.3 Å². The average Bonchev–Trinajstić information content (AvgIpc) is 2.79. The number of hydrogen-bond acceptors (Lipinski definition) is 3. The molecule has 5 heteroatoms. The minimum absolute atomic E-state index is 0.261. The van der Waals surface area contributed by atoms with Crippen LogP contribution in [0.1, 0.15) is 29.9 Å². The van der Waals surface area contributed by atoms with Crippen LogP contribution in [0.15, 0.2) is 18.2 Å². The Hall–Kier alpha value is -1.68. The third-order valence-electron chi connectivity index (χ3n) is 3.29. The molecule has 0 saturated carbocycles. The summed E-state index contributed by atoms with van der Waals surface area (Å²) in [6.07, 6.45) is 0. The Morgan fingerprint density at radius 2 is 2.10 bits per heavy atom. The zero-order valence-corrected chi connectivity index (χ0v) is 12.7. The Bertz CT molecular complexity index is 634. The first-order chi connectivity index (χ1) is 9.67. The predicted octanol–water partition coefficient (Wildman–Crippen LogP) is 3.59. The number of carbonyl (C=O) groups is 1. The molecule has 0 N–H and O–H groups in total. The molecular weight excluding hydrogens is 278 g/mol. The lowest BCUT2D eigenvalue weighted by atomic mass is 10.1. The fourth-order valence-electron chi connectivity index (χ4n) is 2.47. The summed E-state index contributed by atoms with van der Waals surface area (Å²) in [5, 5.41) is 0.820. The van der Waals surface area contributed by atoms with Crippen LogP contribution in [0.25, 0.3) is 10.9 Å². The van der Waals surface area contributed by atoms with Gasteiger partial charge in [-0.05, 0) is 32.0 Å². The molecule has 0 radical (unpaired) electrons. The molecule has 20 heavy (non-hydrogen) atoms. The van der Waals surface area contributed by atoms with Gasteiger partial charge < -0.3 is 14.0 Å². The monoisotopic (exact) mass is 295 g/mol. The Morgan fingerprint density at radius 3 is 2.65 bits per heavy atom. The second-order valence-corrected chi connectivity index (χ2v) is 4.57. The number of hydrogen-bond donors (Lipinski definition) is 0. The summed E-state index contributed by atoms with van der Waals surface area (Å²) in [6, 6.07) is 5.72. The molecule has 4 nitrogen and oxygen atoms in total. The van der Waals surface area contributed by atoms with Crippen molar-refractivity contribution in [1.82, 2.24) is 4.57 Å². The molecule has 0 fully saturated rings. The van der Waals surface area contributed by atoms with Gasteiger partial charge in [-0.1, -0.05) is 0 Å². The second-order valence-electron chi connectivity index (χ2n) is 4.30. The topological polar surface area (TPSA) is 40.5 Å². The number of halogens is 1. The summed E-state index contributed by atoms with van der Waals surface area (Å²) in [4.78, 5) is 12.1. The van der Waals surface area contributed by atoms with E-state index >= 15 is 0 Å². The Labute approximate surface area is 123 Å². The first-order valence-corrected chi connectivity index (χ1v) is 7.13. The SMILES string of the molecule is CCOc1ccc2c(c1)c(C(=O)OC)c(CCl)n2CC. The summed E-state index contributed by atoms with van der Waals surface area (Å²) >= 11 is 6.03. The van der Waals surface area contributed by atoms with E-state index in [0.29, 0.717) is 12.2 Å². The van der Waals surface area contributed by atoms with E-state index in [1.54, 1.807) is 0 Å². The number of benzene rings is 1. The largest absolute Gasteiger partial charge is 0.494 e. The lowest BCUT2D eigenvalue weighted by Gasteiger charge is -2.06. The van der Waals surface area contributed by atoms with Gasteiger partial charge in [0.25, 0.3) is 0 Å². The lowest BCUT2D eigenvalue weighted by molar-refractivity contribution is 0.0601. The van der Waals surface area contributed by atoms with E-state index in [1.165, 1.54) is 7.11 Å². The van der Waals surface area contributed by atoms with Crippen LogP contribution in [-0.2, 0) is 17.2 Å². The van der Waals surface area contributed by atoms with Crippen molar-refractivity contribution in [3.8, 4) is 5.75 Å². The van der Waals surface area contributed by atoms with Crippen LogP contribution in [0.3, 0.4) is 0 Å². The average molecular weight is 296 g/mol. The highest BCUT2D eigenvalue weighted by molar-refractivity contribution is 6.18. The molecule has 0 unspecified atom stereocenters. The van der Waals surface area contributed by atoms with Gasteiger partial charge in [-0.15, -0.1) is 11.6 Å². The molecule has 2 aromatic rings. The third-order valence-corrected chi connectivity index (χ3v) is 3.54. The smallest absolute Gasteiger partial charge is 0.340 e. The normalized spacial score (nSPS) is 10.8. The van der Waals surface area contributed by atoms with Crippen LogP contribution in [0, 0.1) is 0 Å². The van der Waals surface area contributed by atoms with E-state index in [9.17, 15) is 4.79 Å². The summed E-state index contributed by atoms with van der Waals surface area (Å²) in [5.74, 6) is 0.628. The molecule has 0 aliphatic rings. The van der Waals surface area contributed by atoms with E-state index in [2.05, 4.69) is 0 Å². The van der Waals surface area contributed by atoms with Gasteiger partial charge in [-0.25, -0.2) is 4.79 Å². The maximum Gasteiger partial charge on any atom is 0.340 e. The molecule has 2 rings (SSSR count). The zero-order chi connectivity index (χ0) is 14.7. The first-order valence-electron chi connectivity index (χ1n) is 6.60. The van der Waals surface area contributed by atoms with Crippen LogP contribution in [0.5, 0.6) is 5.75 Å². The Balaban J connectivity index is 2.76. The van der Waals surface area contributed by atoms with Gasteiger partial charge in [0.05, 0.1) is 25.2 Å². The van der Waals surface area contributed by atoms with Gasteiger partial charge in [0.2, 0.25) is 0 Å². The highest BCUT2D eigenvalue weighted by atomic mass is 35.5. The number of methoxy groups -OCH3 is 1. The summed E-state index contributed by atoms with van der Waals surface area (Å²) in [6.45, 7) is 5.26. The third kappa shape index (κ3) is 2.36. The lowest BCUT2D eigenvalue weighted by Crippen LogP contribution is -2.06.